The van der Waals surface area contributed by atoms with E-state index in [1.807, 2.05) is 36.5 Å². The molecule has 3 aliphatic heterocycles. The Labute approximate surface area is 229 Å². The van der Waals surface area contributed by atoms with Crippen LogP contribution < -0.4 is 14.5 Å². The summed E-state index contributed by atoms with van der Waals surface area (Å²) < 4.78 is 6.16. The highest BCUT2D eigenvalue weighted by molar-refractivity contribution is 5.95. The van der Waals surface area contributed by atoms with Crippen LogP contribution in [0.1, 0.15) is 24.1 Å². The normalized spacial score (nSPS) is 18.2. The molecule has 0 unspecified atom stereocenters. The maximum absolute atomic E-state index is 10.7. The molecule has 0 bridgehead atoms. The Balaban J connectivity index is 1.27. The van der Waals surface area contributed by atoms with E-state index in [4.69, 9.17) is 14.7 Å². The average molecular weight is 529 g/mol. The SMILES string of the molecule is O=CC=CN1CCN(c2nc(OCCN3CCCC3)nc3c2CCN(c2cc(O)cc4ccccc24)C3)CC1. The minimum absolute atomic E-state index is 0.269. The van der Waals surface area contributed by atoms with Crippen molar-refractivity contribution in [2.24, 2.45) is 0 Å². The zero-order valence-electron chi connectivity index (χ0n) is 22.3. The fraction of sp³-hybridized carbons (Fsp3) is 0.433. The molecule has 2 saturated heterocycles. The number of nitrogens with zero attached hydrogens (tertiary/aromatic N) is 6. The Morgan fingerprint density at radius 1 is 0.949 bits per heavy atom. The van der Waals surface area contributed by atoms with E-state index in [1.54, 1.807) is 6.08 Å². The van der Waals surface area contributed by atoms with E-state index in [0.29, 0.717) is 19.2 Å². The number of phenols is 1. The number of aromatic nitrogens is 2. The van der Waals surface area contributed by atoms with Crippen LogP contribution in [0.15, 0.2) is 48.7 Å². The Kier molecular flexibility index (Phi) is 7.49. The van der Waals surface area contributed by atoms with Gasteiger partial charge in [0.1, 0.15) is 24.5 Å². The molecule has 9 nitrogen and oxygen atoms in total. The third-order valence-corrected chi connectivity index (χ3v) is 8.01. The van der Waals surface area contributed by atoms with Gasteiger partial charge in [0.25, 0.3) is 0 Å². The maximum atomic E-state index is 10.7. The van der Waals surface area contributed by atoms with E-state index >= 15 is 0 Å². The summed E-state index contributed by atoms with van der Waals surface area (Å²) in [6, 6.07) is 12.3. The molecule has 0 amide bonds. The summed E-state index contributed by atoms with van der Waals surface area (Å²) in [5.74, 6) is 1.24. The van der Waals surface area contributed by atoms with Crippen LogP contribution >= 0.6 is 0 Å². The number of ether oxygens (including phenoxy) is 1. The third kappa shape index (κ3) is 5.63. The molecule has 204 valence electrons. The van der Waals surface area contributed by atoms with E-state index in [0.717, 1.165) is 93.0 Å². The van der Waals surface area contributed by atoms with Gasteiger partial charge in [0.05, 0.1) is 12.2 Å². The van der Waals surface area contributed by atoms with E-state index in [2.05, 4.69) is 25.7 Å². The highest BCUT2D eigenvalue weighted by Gasteiger charge is 2.28. The van der Waals surface area contributed by atoms with Crippen LogP contribution in [0.4, 0.5) is 11.5 Å². The first-order valence-corrected chi connectivity index (χ1v) is 14.0. The molecule has 0 aliphatic carbocycles. The first-order valence-electron chi connectivity index (χ1n) is 14.0. The quantitative estimate of drug-likeness (QED) is 0.350. The van der Waals surface area contributed by atoms with E-state index < -0.39 is 0 Å². The Bertz CT molecular complexity index is 1350. The third-order valence-electron chi connectivity index (χ3n) is 8.01. The van der Waals surface area contributed by atoms with Crippen LogP contribution in [0.25, 0.3) is 10.8 Å². The summed E-state index contributed by atoms with van der Waals surface area (Å²) in [6.07, 6.45) is 7.56. The van der Waals surface area contributed by atoms with Gasteiger partial charge in [0.15, 0.2) is 0 Å². The Morgan fingerprint density at radius 2 is 1.77 bits per heavy atom. The van der Waals surface area contributed by atoms with Crippen molar-refractivity contribution in [3.05, 3.63) is 59.9 Å². The van der Waals surface area contributed by atoms with Crippen molar-refractivity contribution in [1.29, 1.82) is 0 Å². The molecule has 2 aromatic carbocycles. The molecule has 9 heteroatoms. The Morgan fingerprint density at radius 3 is 2.59 bits per heavy atom. The van der Waals surface area contributed by atoms with Gasteiger partial charge >= 0.3 is 6.01 Å². The minimum Gasteiger partial charge on any atom is -0.508 e. The van der Waals surface area contributed by atoms with Gasteiger partial charge in [-0.3, -0.25) is 9.69 Å². The fourth-order valence-corrected chi connectivity index (χ4v) is 5.97. The molecule has 1 N–H and O–H groups in total. The standard InChI is InChI=1S/C30H36N6O3/c37-18-5-11-34-13-15-35(16-14-34)29-26-8-12-36(28-21-24(38)20-23-6-1-2-7-25(23)28)22-27(26)31-30(32-29)39-19-17-33-9-3-4-10-33/h1-2,5-7,11,18,20-21,38H,3-4,8-10,12-17,19,22H2. The van der Waals surface area contributed by atoms with Crippen LogP contribution in [-0.4, -0.2) is 90.1 Å². The molecule has 0 spiro atoms. The number of hydrogen-bond donors (Lipinski definition) is 1. The molecule has 1 aromatic heterocycles. The first kappa shape index (κ1) is 25.4. The van der Waals surface area contributed by atoms with Gasteiger partial charge < -0.3 is 24.5 Å². The zero-order valence-corrected chi connectivity index (χ0v) is 22.3. The molecule has 39 heavy (non-hydrogen) atoms. The lowest BCUT2D eigenvalue weighted by molar-refractivity contribution is -0.104. The molecular weight excluding hydrogens is 492 g/mol. The van der Waals surface area contributed by atoms with Crippen molar-refractivity contribution in [1.82, 2.24) is 19.8 Å². The van der Waals surface area contributed by atoms with Crippen LogP contribution in [0.5, 0.6) is 11.8 Å². The number of anilines is 2. The van der Waals surface area contributed by atoms with Crippen LogP contribution in [-0.2, 0) is 17.8 Å². The summed E-state index contributed by atoms with van der Waals surface area (Å²) in [5, 5.41) is 12.6. The lowest BCUT2D eigenvalue weighted by Gasteiger charge is -2.38. The summed E-state index contributed by atoms with van der Waals surface area (Å²) in [7, 11) is 0. The molecule has 3 aromatic rings. The largest absolute Gasteiger partial charge is 0.508 e. The smallest absolute Gasteiger partial charge is 0.318 e. The highest BCUT2D eigenvalue weighted by Crippen LogP contribution is 2.36. The van der Waals surface area contributed by atoms with Gasteiger partial charge in [0.2, 0.25) is 0 Å². The van der Waals surface area contributed by atoms with Crippen molar-refractivity contribution in [3.8, 4) is 11.8 Å². The lowest BCUT2D eigenvalue weighted by atomic mass is 10.0. The molecule has 3 aliphatic rings. The second kappa shape index (κ2) is 11.5. The number of fused-ring (bicyclic) bond motifs is 2. The van der Waals surface area contributed by atoms with E-state index in [9.17, 15) is 9.90 Å². The summed E-state index contributed by atoms with van der Waals surface area (Å²) in [5.41, 5.74) is 3.18. The van der Waals surface area contributed by atoms with E-state index in [-0.39, 0.29) is 5.75 Å². The number of carbonyl (C=O) groups excluding carboxylic acids is 1. The second-order valence-corrected chi connectivity index (χ2v) is 10.5. The van der Waals surface area contributed by atoms with Gasteiger partial charge in [0, 0.05) is 68.2 Å². The van der Waals surface area contributed by atoms with Crippen molar-refractivity contribution in [2.75, 3.05) is 68.8 Å². The van der Waals surface area contributed by atoms with Crippen molar-refractivity contribution in [2.45, 2.75) is 25.8 Å². The molecule has 0 radical (unpaired) electrons. The summed E-state index contributed by atoms with van der Waals surface area (Å²) >= 11 is 0. The van der Waals surface area contributed by atoms with Crippen molar-refractivity contribution in [3.63, 3.8) is 0 Å². The first-order chi connectivity index (χ1) is 19.2. The highest BCUT2D eigenvalue weighted by atomic mass is 16.5. The predicted molar refractivity (Wildman–Crippen MR) is 153 cm³/mol. The number of hydrogen-bond acceptors (Lipinski definition) is 9. The number of carbonyl (C=O) groups is 1. The number of rotatable bonds is 8. The summed E-state index contributed by atoms with van der Waals surface area (Å²) in [6.45, 7) is 8.47. The lowest BCUT2D eigenvalue weighted by Crippen LogP contribution is -2.45. The van der Waals surface area contributed by atoms with Crippen LogP contribution in [0, 0.1) is 0 Å². The second-order valence-electron chi connectivity index (χ2n) is 10.5. The minimum atomic E-state index is 0.269. The monoisotopic (exact) mass is 528 g/mol. The van der Waals surface area contributed by atoms with Crippen molar-refractivity contribution >= 4 is 28.6 Å². The molecule has 4 heterocycles. The average Bonchev–Trinajstić information content (AvgIpc) is 3.49. The van der Waals surface area contributed by atoms with Gasteiger partial charge in [-0.15, -0.1) is 0 Å². The number of allylic oxidation sites excluding steroid dienone is 1. The number of benzene rings is 2. The van der Waals surface area contributed by atoms with Gasteiger partial charge in [-0.2, -0.15) is 9.97 Å². The predicted octanol–water partition coefficient (Wildman–Crippen LogP) is 3.21. The summed E-state index contributed by atoms with van der Waals surface area (Å²) in [4.78, 5) is 29.8. The Hall–Kier alpha value is -3.85. The van der Waals surface area contributed by atoms with Gasteiger partial charge in [-0.25, -0.2) is 0 Å². The van der Waals surface area contributed by atoms with Gasteiger partial charge in [-0.1, -0.05) is 24.3 Å². The topological polar surface area (TPSA) is 85.3 Å². The van der Waals surface area contributed by atoms with Crippen LogP contribution in [0.2, 0.25) is 0 Å². The number of piperazine rings is 1. The zero-order chi connectivity index (χ0) is 26.6. The molecule has 2 fully saturated rings. The molecule has 0 atom stereocenters. The molecule has 6 rings (SSSR count). The number of likely N-dealkylation sites (tertiary alicyclic amines) is 1. The number of aldehydes is 1. The molecular formula is C30H36N6O3. The maximum Gasteiger partial charge on any atom is 0.318 e. The number of aromatic hydroxyl groups is 1. The van der Waals surface area contributed by atoms with Gasteiger partial charge in [-0.05, 0) is 49.9 Å². The fourth-order valence-electron chi connectivity index (χ4n) is 5.97. The van der Waals surface area contributed by atoms with Crippen LogP contribution in [0.3, 0.4) is 0 Å². The molecule has 0 saturated carbocycles. The van der Waals surface area contributed by atoms with E-state index in [1.165, 1.54) is 18.4 Å². The number of phenolic OH excluding ortho intramolecular Hbond substituents is 1. The van der Waals surface area contributed by atoms with Crippen molar-refractivity contribution < 1.29 is 14.6 Å².